The fraction of sp³-hybridized carbons (Fsp3) is 0.400. The molecule has 1 aliphatic heterocycles. The number of carbonyl (C=O) groups excluding carboxylic acids is 1. The van der Waals surface area contributed by atoms with Gasteiger partial charge in [0.1, 0.15) is 5.82 Å². The topological polar surface area (TPSA) is 73.7 Å². The second-order valence-corrected chi connectivity index (χ2v) is 6.83. The summed E-state index contributed by atoms with van der Waals surface area (Å²) in [4.78, 5) is 23.2. The van der Waals surface area contributed by atoms with Crippen LogP contribution >= 0.6 is 0 Å². The van der Waals surface area contributed by atoms with Crippen molar-refractivity contribution in [3.8, 4) is 0 Å². The van der Waals surface area contributed by atoms with Gasteiger partial charge in [-0.05, 0) is 19.4 Å². The number of hydrogen-bond donors (Lipinski definition) is 1. The van der Waals surface area contributed by atoms with Crippen LogP contribution in [0.3, 0.4) is 0 Å². The van der Waals surface area contributed by atoms with Crippen molar-refractivity contribution in [1.82, 2.24) is 15.0 Å². The standard InChI is InChI=1S/C20H26N6O/c1-14-15(2)22-20(25(3)4)23-19(14)21-12-13-26-18(27)11-10-17(24-26)16-8-6-5-7-9-16/h5-9H,10-13H2,1-4H3,(H,21,22,23). The number of carbonyl (C=O) groups is 1. The Morgan fingerprint density at radius 2 is 1.85 bits per heavy atom. The van der Waals surface area contributed by atoms with Gasteiger partial charge in [-0.15, -0.1) is 0 Å². The van der Waals surface area contributed by atoms with Crippen LogP contribution in [0.4, 0.5) is 11.8 Å². The van der Waals surface area contributed by atoms with Crippen molar-refractivity contribution >= 4 is 23.4 Å². The number of amides is 1. The van der Waals surface area contributed by atoms with E-state index < -0.39 is 0 Å². The highest BCUT2D eigenvalue weighted by atomic mass is 16.2. The van der Waals surface area contributed by atoms with Gasteiger partial charge in [0.15, 0.2) is 0 Å². The van der Waals surface area contributed by atoms with Crippen LogP contribution in [0.5, 0.6) is 0 Å². The Labute approximate surface area is 160 Å². The molecule has 7 heteroatoms. The van der Waals surface area contributed by atoms with Crippen LogP contribution in [-0.2, 0) is 4.79 Å². The van der Waals surface area contributed by atoms with Crippen molar-refractivity contribution in [1.29, 1.82) is 0 Å². The van der Waals surface area contributed by atoms with Crippen molar-refractivity contribution in [2.24, 2.45) is 5.10 Å². The molecule has 0 fully saturated rings. The Morgan fingerprint density at radius 1 is 1.11 bits per heavy atom. The largest absolute Gasteiger partial charge is 0.368 e. The summed E-state index contributed by atoms with van der Waals surface area (Å²) in [5.74, 6) is 1.52. The van der Waals surface area contributed by atoms with Crippen LogP contribution in [0, 0.1) is 13.8 Å². The molecule has 3 rings (SSSR count). The Balaban J connectivity index is 1.68. The highest BCUT2D eigenvalue weighted by Gasteiger charge is 2.21. The van der Waals surface area contributed by atoms with Gasteiger partial charge < -0.3 is 10.2 Å². The average molecular weight is 366 g/mol. The number of anilines is 2. The summed E-state index contributed by atoms with van der Waals surface area (Å²) in [6.45, 7) is 5.03. The lowest BCUT2D eigenvalue weighted by molar-refractivity contribution is -0.131. The minimum atomic E-state index is 0.0565. The van der Waals surface area contributed by atoms with E-state index >= 15 is 0 Å². The maximum absolute atomic E-state index is 12.2. The summed E-state index contributed by atoms with van der Waals surface area (Å²) in [5.41, 5.74) is 3.98. The number of benzene rings is 1. The molecule has 142 valence electrons. The highest BCUT2D eigenvalue weighted by molar-refractivity contribution is 6.04. The Hall–Kier alpha value is -2.96. The van der Waals surface area contributed by atoms with E-state index in [1.54, 1.807) is 5.01 Å². The fourth-order valence-electron chi connectivity index (χ4n) is 2.88. The van der Waals surface area contributed by atoms with Gasteiger partial charge >= 0.3 is 0 Å². The highest BCUT2D eigenvalue weighted by Crippen LogP contribution is 2.19. The zero-order valence-corrected chi connectivity index (χ0v) is 16.4. The van der Waals surface area contributed by atoms with E-state index in [-0.39, 0.29) is 5.91 Å². The van der Waals surface area contributed by atoms with E-state index in [0.29, 0.717) is 31.9 Å². The molecule has 2 heterocycles. The summed E-state index contributed by atoms with van der Waals surface area (Å²) in [6.07, 6.45) is 1.17. The van der Waals surface area contributed by atoms with E-state index in [9.17, 15) is 4.79 Å². The first kappa shape index (κ1) is 18.8. The van der Waals surface area contributed by atoms with Gasteiger partial charge in [-0.3, -0.25) is 4.79 Å². The molecule has 2 aromatic rings. The second kappa shape index (κ2) is 8.16. The summed E-state index contributed by atoms with van der Waals surface area (Å²) < 4.78 is 0. The van der Waals surface area contributed by atoms with Crippen LogP contribution in [-0.4, -0.2) is 53.8 Å². The first-order valence-corrected chi connectivity index (χ1v) is 9.15. The van der Waals surface area contributed by atoms with Gasteiger partial charge in [-0.2, -0.15) is 10.1 Å². The van der Waals surface area contributed by atoms with Crippen LogP contribution in [0.1, 0.15) is 29.7 Å². The van der Waals surface area contributed by atoms with Gasteiger partial charge in [0.25, 0.3) is 0 Å². The molecule has 1 aromatic heterocycles. The molecule has 0 saturated heterocycles. The molecular weight excluding hydrogens is 340 g/mol. The zero-order valence-electron chi connectivity index (χ0n) is 16.4. The van der Waals surface area contributed by atoms with Gasteiger partial charge in [0.2, 0.25) is 11.9 Å². The predicted octanol–water partition coefficient (Wildman–Crippen LogP) is 2.60. The molecule has 0 aliphatic carbocycles. The molecule has 1 aromatic carbocycles. The van der Waals surface area contributed by atoms with Crippen molar-refractivity contribution < 1.29 is 4.79 Å². The fourth-order valence-corrected chi connectivity index (χ4v) is 2.88. The molecule has 0 spiro atoms. The lowest BCUT2D eigenvalue weighted by Gasteiger charge is -2.24. The number of nitrogens with one attached hydrogen (secondary N) is 1. The molecule has 0 saturated carbocycles. The monoisotopic (exact) mass is 366 g/mol. The molecule has 0 bridgehead atoms. The third-order valence-electron chi connectivity index (χ3n) is 4.61. The Kier molecular flexibility index (Phi) is 5.69. The SMILES string of the molecule is Cc1nc(N(C)C)nc(NCCN2N=C(c3ccccc3)CCC2=O)c1C. The number of hydrogen-bond acceptors (Lipinski definition) is 6. The lowest BCUT2D eigenvalue weighted by atomic mass is 10.0. The molecule has 0 unspecified atom stereocenters. The molecular formula is C20H26N6O. The Bertz CT molecular complexity index is 847. The summed E-state index contributed by atoms with van der Waals surface area (Å²) in [7, 11) is 3.83. The number of rotatable bonds is 6. The van der Waals surface area contributed by atoms with Crippen molar-refractivity contribution in [3.05, 3.63) is 47.2 Å². The van der Waals surface area contributed by atoms with E-state index in [1.165, 1.54) is 0 Å². The van der Waals surface area contributed by atoms with Crippen LogP contribution in [0.25, 0.3) is 0 Å². The number of nitrogens with zero attached hydrogens (tertiary/aromatic N) is 5. The van der Waals surface area contributed by atoms with Crippen LogP contribution in [0.2, 0.25) is 0 Å². The number of aromatic nitrogens is 2. The van der Waals surface area contributed by atoms with Gasteiger partial charge in [-0.25, -0.2) is 9.99 Å². The summed E-state index contributed by atoms with van der Waals surface area (Å²) in [5, 5.41) is 9.46. The first-order valence-electron chi connectivity index (χ1n) is 9.15. The van der Waals surface area contributed by atoms with Crippen molar-refractivity contribution in [2.75, 3.05) is 37.4 Å². The molecule has 0 radical (unpaired) electrons. The molecule has 1 N–H and O–H groups in total. The second-order valence-electron chi connectivity index (χ2n) is 6.83. The van der Waals surface area contributed by atoms with Gasteiger partial charge in [0.05, 0.1) is 12.3 Å². The average Bonchev–Trinajstić information content (AvgIpc) is 2.67. The van der Waals surface area contributed by atoms with Gasteiger partial charge in [-0.1, -0.05) is 30.3 Å². The molecule has 1 aliphatic rings. The maximum atomic E-state index is 12.2. The maximum Gasteiger partial charge on any atom is 0.243 e. The van der Waals surface area contributed by atoms with Crippen LogP contribution in [0.15, 0.2) is 35.4 Å². The van der Waals surface area contributed by atoms with Crippen molar-refractivity contribution in [2.45, 2.75) is 26.7 Å². The van der Waals surface area contributed by atoms with E-state index in [1.807, 2.05) is 63.2 Å². The zero-order chi connectivity index (χ0) is 19.4. The summed E-state index contributed by atoms with van der Waals surface area (Å²) >= 11 is 0. The van der Waals surface area contributed by atoms with E-state index in [4.69, 9.17) is 0 Å². The molecule has 27 heavy (non-hydrogen) atoms. The minimum Gasteiger partial charge on any atom is -0.368 e. The number of hydrazone groups is 1. The first-order chi connectivity index (χ1) is 13.0. The van der Waals surface area contributed by atoms with E-state index in [2.05, 4.69) is 20.4 Å². The van der Waals surface area contributed by atoms with Crippen LogP contribution < -0.4 is 10.2 Å². The lowest BCUT2D eigenvalue weighted by Crippen LogP contribution is -2.35. The van der Waals surface area contributed by atoms with Crippen molar-refractivity contribution in [3.63, 3.8) is 0 Å². The van der Waals surface area contributed by atoms with E-state index in [0.717, 1.165) is 28.4 Å². The molecule has 7 nitrogen and oxygen atoms in total. The quantitative estimate of drug-likeness (QED) is 0.851. The number of aryl methyl sites for hydroxylation is 1. The normalized spacial score (nSPS) is 14.1. The smallest absolute Gasteiger partial charge is 0.243 e. The predicted molar refractivity (Wildman–Crippen MR) is 108 cm³/mol. The third-order valence-corrected chi connectivity index (χ3v) is 4.61. The Morgan fingerprint density at radius 3 is 2.56 bits per heavy atom. The third kappa shape index (κ3) is 4.42. The summed E-state index contributed by atoms with van der Waals surface area (Å²) in [6, 6.07) is 10.0. The van der Waals surface area contributed by atoms with Gasteiger partial charge in [0, 0.05) is 44.7 Å². The molecule has 0 atom stereocenters. The minimum absolute atomic E-state index is 0.0565. The molecule has 1 amide bonds.